The Labute approximate surface area is 170 Å². The fourth-order valence-electron chi connectivity index (χ4n) is 3.27. The topological polar surface area (TPSA) is 9.23 Å². The van der Waals surface area contributed by atoms with Crippen LogP contribution in [-0.4, -0.2) is 11.9 Å². The molecule has 0 fully saturated rings. The summed E-state index contributed by atoms with van der Waals surface area (Å²) < 4.78 is 5.72. The first-order valence-electron chi connectivity index (χ1n) is 9.37. The van der Waals surface area contributed by atoms with Crippen molar-refractivity contribution in [2.45, 2.75) is 20.3 Å². The minimum absolute atomic E-state index is 0.671. The van der Waals surface area contributed by atoms with Gasteiger partial charge in [-0.1, -0.05) is 95.1 Å². The molecule has 0 unspecified atom stereocenters. The quantitative estimate of drug-likeness (QED) is 0.291. The van der Waals surface area contributed by atoms with Crippen LogP contribution in [0.3, 0.4) is 0 Å². The number of hydrogen-bond acceptors (Lipinski definition) is 1. The molecule has 0 heterocycles. The van der Waals surface area contributed by atoms with Crippen LogP contribution in [0, 0.1) is 6.92 Å². The van der Waals surface area contributed by atoms with Gasteiger partial charge in [-0.3, -0.25) is 0 Å². The van der Waals surface area contributed by atoms with Gasteiger partial charge < -0.3 is 4.74 Å². The van der Waals surface area contributed by atoms with Gasteiger partial charge in [-0.05, 0) is 53.3 Å². The fourth-order valence-corrected chi connectivity index (χ4v) is 3.44. The van der Waals surface area contributed by atoms with Gasteiger partial charge in [0, 0.05) is 5.33 Å². The summed E-state index contributed by atoms with van der Waals surface area (Å²) in [6.07, 6.45) is 0.967. The van der Waals surface area contributed by atoms with E-state index in [4.69, 9.17) is 4.74 Å². The summed E-state index contributed by atoms with van der Waals surface area (Å²) in [6.45, 7) is 5.02. The highest BCUT2D eigenvalue weighted by Crippen LogP contribution is 2.35. The smallest absolute Gasteiger partial charge is 0.119 e. The van der Waals surface area contributed by atoms with Gasteiger partial charge >= 0.3 is 0 Å². The molecule has 3 aromatic carbocycles. The molecule has 0 spiro atoms. The molecular weight excluding hydrogens is 396 g/mol. The average molecular weight is 421 g/mol. The molecule has 0 aliphatic heterocycles. The number of rotatable bonds is 7. The summed E-state index contributed by atoms with van der Waals surface area (Å²) in [6, 6.07) is 27.9. The summed E-state index contributed by atoms with van der Waals surface area (Å²) in [5.74, 6) is 0.902. The molecule has 138 valence electrons. The van der Waals surface area contributed by atoms with Crippen molar-refractivity contribution in [1.29, 1.82) is 0 Å². The van der Waals surface area contributed by atoms with Crippen molar-refractivity contribution in [1.82, 2.24) is 0 Å². The summed E-state index contributed by atoms with van der Waals surface area (Å²) >= 11 is 3.40. The van der Waals surface area contributed by atoms with Crippen LogP contribution in [-0.2, 0) is 0 Å². The number of halogens is 1. The maximum atomic E-state index is 5.72. The number of benzene rings is 3. The molecule has 0 aromatic heterocycles. The zero-order valence-electron chi connectivity index (χ0n) is 15.9. The van der Waals surface area contributed by atoms with Gasteiger partial charge in [-0.15, -0.1) is 0 Å². The molecule has 0 saturated carbocycles. The monoisotopic (exact) mass is 420 g/mol. The molecule has 1 nitrogen and oxygen atoms in total. The zero-order chi connectivity index (χ0) is 19.1. The second-order valence-corrected chi connectivity index (χ2v) is 7.29. The third kappa shape index (κ3) is 4.90. The summed E-state index contributed by atoms with van der Waals surface area (Å²) in [5.41, 5.74) is 7.65. The van der Waals surface area contributed by atoms with Gasteiger partial charge in [0.1, 0.15) is 5.75 Å². The van der Waals surface area contributed by atoms with E-state index in [0.29, 0.717) is 6.61 Å². The standard InChI is InChI=1S/C25H25BrO/c1-3-24(20-7-5-4-6-8-20)25(21-11-9-19(2)10-12-21)22-13-15-23(16-14-22)27-18-17-26/h4-16H,3,17-18H2,1-2H3. The lowest BCUT2D eigenvalue weighted by molar-refractivity contribution is 0.345. The second kappa shape index (κ2) is 9.57. The highest BCUT2D eigenvalue weighted by Gasteiger charge is 2.13. The van der Waals surface area contributed by atoms with Gasteiger partial charge in [0.2, 0.25) is 0 Å². The summed E-state index contributed by atoms with van der Waals surface area (Å²) in [5, 5.41) is 0.831. The van der Waals surface area contributed by atoms with Crippen LogP contribution in [0.25, 0.3) is 11.1 Å². The van der Waals surface area contributed by atoms with Gasteiger partial charge in [0.05, 0.1) is 6.61 Å². The van der Waals surface area contributed by atoms with E-state index in [9.17, 15) is 0 Å². The molecule has 2 heteroatoms. The van der Waals surface area contributed by atoms with Gasteiger partial charge in [-0.25, -0.2) is 0 Å². The summed E-state index contributed by atoms with van der Waals surface area (Å²) in [7, 11) is 0. The largest absolute Gasteiger partial charge is 0.493 e. The van der Waals surface area contributed by atoms with Crippen LogP contribution in [0.15, 0.2) is 78.9 Å². The van der Waals surface area contributed by atoms with E-state index in [2.05, 4.69) is 109 Å². The summed E-state index contributed by atoms with van der Waals surface area (Å²) in [4.78, 5) is 0. The van der Waals surface area contributed by atoms with Crippen molar-refractivity contribution in [3.05, 3.63) is 101 Å². The van der Waals surface area contributed by atoms with Crippen LogP contribution >= 0.6 is 15.9 Å². The van der Waals surface area contributed by atoms with E-state index in [0.717, 1.165) is 17.5 Å². The van der Waals surface area contributed by atoms with E-state index in [1.165, 1.54) is 33.4 Å². The number of aryl methyl sites for hydroxylation is 1. The number of allylic oxidation sites excluding steroid dienone is 1. The van der Waals surface area contributed by atoms with Crippen LogP contribution in [0.2, 0.25) is 0 Å². The third-order valence-electron chi connectivity index (χ3n) is 4.61. The lowest BCUT2D eigenvalue weighted by atomic mass is 9.88. The number of hydrogen-bond donors (Lipinski definition) is 0. The predicted octanol–water partition coefficient (Wildman–Crippen LogP) is 7.14. The fraction of sp³-hybridized carbons (Fsp3) is 0.200. The van der Waals surface area contributed by atoms with Crippen molar-refractivity contribution in [3.8, 4) is 5.75 Å². The Hall–Kier alpha value is -2.32. The van der Waals surface area contributed by atoms with E-state index in [1.54, 1.807) is 0 Å². The Balaban J connectivity index is 2.13. The van der Waals surface area contributed by atoms with Crippen LogP contribution in [0.5, 0.6) is 5.75 Å². The lowest BCUT2D eigenvalue weighted by Gasteiger charge is -2.17. The minimum atomic E-state index is 0.671. The minimum Gasteiger partial charge on any atom is -0.493 e. The molecule has 0 N–H and O–H groups in total. The van der Waals surface area contributed by atoms with Crippen molar-refractivity contribution < 1.29 is 4.74 Å². The molecule has 3 aromatic rings. The first-order chi connectivity index (χ1) is 13.2. The normalized spacial score (nSPS) is 11.8. The SMILES string of the molecule is CCC(=C(c1ccc(C)cc1)c1ccc(OCCBr)cc1)c1ccccc1. The Morgan fingerprint density at radius 1 is 0.778 bits per heavy atom. The third-order valence-corrected chi connectivity index (χ3v) is 4.93. The van der Waals surface area contributed by atoms with Crippen LogP contribution in [0.4, 0.5) is 0 Å². The molecule has 3 rings (SSSR count). The molecule has 0 radical (unpaired) electrons. The van der Waals surface area contributed by atoms with Crippen molar-refractivity contribution in [2.75, 3.05) is 11.9 Å². The Morgan fingerprint density at radius 3 is 1.93 bits per heavy atom. The van der Waals surface area contributed by atoms with Crippen molar-refractivity contribution in [2.24, 2.45) is 0 Å². The molecular formula is C25H25BrO. The number of ether oxygens (including phenoxy) is 1. The van der Waals surface area contributed by atoms with Gasteiger partial charge in [-0.2, -0.15) is 0 Å². The molecule has 0 atom stereocenters. The van der Waals surface area contributed by atoms with Crippen LogP contribution in [0.1, 0.15) is 35.6 Å². The van der Waals surface area contributed by atoms with Crippen molar-refractivity contribution >= 4 is 27.1 Å². The van der Waals surface area contributed by atoms with E-state index in [1.807, 2.05) is 0 Å². The highest BCUT2D eigenvalue weighted by molar-refractivity contribution is 9.09. The first-order valence-corrected chi connectivity index (χ1v) is 10.5. The molecule has 0 aliphatic carbocycles. The van der Waals surface area contributed by atoms with Gasteiger partial charge in [0.15, 0.2) is 0 Å². The first kappa shape index (κ1) is 19.4. The van der Waals surface area contributed by atoms with Gasteiger partial charge in [0.25, 0.3) is 0 Å². The molecule has 0 aliphatic rings. The van der Waals surface area contributed by atoms with E-state index < -0.39 is 0 Å². The highest BCUT2D eigenvalue weighted by atomic mass is 79.9. The average Bonchev–Trinajstić information content (AvgIpc) is 2.72. The molecule has 0 saturated heterocycles. The molecule has 0 bridgehead atoms. The Morgan fingerprint density at radius 2 is 1.37 bits per heavy atom. The Bertz CT molecular complexity index is 878. The zero-order valence-corrected chi connectivity index (χ0v) is 17.5. The Kier molecular flexibility index (Phi) is 6.89. The predicted molar refractivity (Wildman–Crippen MR) is 120 cm³/mol. The van der Waals surface area contributed by atoms with E-state index in [-0.39, 0.29) is 0 Å². The molecule has 27 heavy (non-hydrogen) atoms. The molecule has 0 amide bonds. The van der Waals surface area contributed by atoms with Crippen molar-refractivity contribution in [3.63, 3.8) is 0 Å². The maximum Gasteiger partial charge on any atom is 0.119 e. The van der Waals surface area contributed by atoms with Crippen LogP contribution < -0.4 is 4.74 Å². The maximum absolute atomic E-state index is 5.72. The lowest BCUT2D eigenvalue weighted by Crippen LogP contribution is -1.98. The second-order valence-electron chi connectivity index (χ2n) is 6.50. The van der Waals surface area contributed by atoms with E-state index >= 15 is 0 Å². The number of alkyl halides is 1.